The molecule has 1 atom stereocenters. The molecule has 3 heteroatoms. The molecule has 1 saturated heterocycles. The van der Waals surface area contributed by atoms with Crippen molar-refractivity contribution < 1.29 is 1.43 Å². The topological polar surface area (TPSA) is 49.8 Å². The highest BCUT2D eigenvalue weighted by molar-refractivity contribution is 7.99. The number of hydrogen-bond acceptors (Lipinski definition) is 3. The van der Waals surface area contributed by atoms with Crippen molar-refractivity contribution in [2.75, 3.05) is 11.5 Å². The van der Waals surface area contributed by atoms with Gasteiger partial charge in [-0.1, -0.05) is 26.7 Å². The van der Waals surface area contributed by atoms with Crippen molar-refractivity contribution in [1.82, 2.24) is 0 Å². The Kier molecular flexibility index (Phi) is 10.2. The minimum Gasteiger partial charge on any atom is -0.316 e. The Morgan fingerprint density at radius 1 is 1.47 bits per heavy atom. The van der Waals surface area contributed by atoms with Gasteiger partial charge in [0, 0.05) is 1.43 Å². The fraction of sp³-hybridized carbons (Fsp3) is 0.917. The zero-order valence-electron chi connectivity index (χ0n) is 10.0. The van der Waals surface area contributed by atoms with Crippen molar-refractivity contribution >= 4 is 11.8 Å². The molecule has 1 heterocycles. The van der Waals surface area contributed by atoms with Crippen LogP contribution in [0.15, 0.2) is 0 Å². The molecule has 1 aliphatic rings. The molecule has 1 fully saturated rings. The molecule has 0 amide bonds. The highest BCUT2D eigenvalue weighted by Gasteiger charge is 2.13. The third-order valence-electron chi connectivity index (χ3n) is 2.63. The Morgan fingerprint density at radius 3 is 2.60 bits per heavy atom. The molecule has 2 nitrogen and oxygen atoms in total. The molecule has 0 radical (unpaired) electrons. The second kappa shape index (κ2) is 10.3. The lowest BCUT2D eigenvalue weighted by Gasteiger charge is -2.21. The van der Waals surface area contributed by atoms with Gasteiger partial charge in [-0.05, 0) is 36.7 Å². The quantitative estimate of drug-likeness (QED) is 0.805. The zero-order valence-corrected chi connectivity index (χ0v) is 10.9. The summed E-state index contributed by atoms with van der Waals surface area (Å²) in [5.41, 5.74) is 5.52. The van der Waals surface area contributed by atoms with E-state index in [0.29, 0.717) is 0 Å². The Balaban J connectivity index is 0. The number of nitriles is 1. The molecular weight excluding hydrogens is 204 g/mol. The molecular formula is C12H26N2S. The van der Waals surface area contributed by atoms with Crippen LogP contribution in [0.5, 0.6) is 0 Å². The second-order valence-electron chi connectivity index (χ2n) is 3.72. The van der Waals surface area contributed by atoms with Crippen LogP contribution < -0.4 is 5.73 Å². The molecule has 0 aromatic carbocycles. The number of nitrogens with two attached hydrogens (primary N) is 1. The first-order valence-corrected chi connectivity index (χ1v) is 7.21. The molecule has 15 heavy (non-hydrogen) atoms. The van der Waals surface area contributed by atoms with Gasteiger partial charge in [-0.3, -0.25) is 0 Å². The molecule has 0 aromatic rings. The molecule has 0 bridgehead atoms. The van der Waals surface area contributed by atoms with Crippen molar-refractivity contribution in [1.29, 1.82) is 5.26 Å². The van der Waals surface area contributed by atoms with Gasteiger partial charge in [0.2, 0.25) is 0 Å². The van der Waals surface area contributed by atoms with Crippen LogP contribution in [0, 0.1) is 17.2 Å². The molecule has 0 aromatic heterocycles. The van der Waals surface area contributed by atoms with Gasteiger partial charge < -0.3 is 5.73 Å². The summed E-state index contributed by atoms with van der Waals surface area (Å²) in [7, 11) is 0. The van der Waals surface area contributed by atoms with Gasteiger partial charge in [-0.2, -0.15) is 17.0 Å². The van der Waals surface area contributed by atoms with Gasteiger partial charge in [0.15, 0.2) is 0 Å². The van der Waals surface area contributed by atoms with Crippen LogP contribution in [0.2, 0.25) is 0 Å². The van der Waals surface area contributed by atoms with Gasteiger partial charge in [0.1, 0.15) is 0 Å². The van der Waals surface area contributed by atoms with Crippen LogP contribution in [0.25, 0.3) is 0 Å². The van der Waals surface area contributed by atoms with Crippen molar-refractivity contribution in [2.45, 2.75) is 52.0 Å². The van der Waals surface area contributed by atoms with Crippen LogP contribution in [0.4, 0.5) is 0 Å². The minimum absolute atomic E-state index is 0. The average molecular weight is 230 g/mol. The predicted molar refractivity (Wildman–Crippen MR) is 71.0 cm³/mol. The SMILES string of the molecule is CC.N#CC(N)CCCC1CCSCC1.[HH]. The lowest BCUT2D eigenvalue weighted by molar-refractivity contribution is 0.428. The summed E-state index contributed by atoms with van der Waals surface area (Å²) in [4.78, 5) is 0. The maximum atomic E-state index is 8.49. The maximum Gasteiger partial charge on any atom is 0.0928 e. The largest absolute Gasteiger partial charge is 0.316 e. The summed E-state index contributed by atoms with van der Waals surface area (Å²) in [6, 6.07) is 1.84. The van der Waals surface area contributed by atoms with Crippen molar-refractivity contribution in [3.63, 3.8) is 0 Å². The van der Waals surface area contributed by atoms with E-state index in [1.807, 2.05) is 13.8 Å². The van der Waals surface area contributed by atoms with E-state index < -0.39 is 0 Å². The third kappa shape index (κ3) is 7.70. The molecule has 1 unspecified atom stereocenters. The zero-order chi connectivity index (χ0) is 11.5. The summed E-state index contributed by atoms with van der Waals surface area (Å²) in [6.07, 6.45) is 6.01. The molecule has 2 N–H and O–H groups in total. The van der Waals surface area contributed by atoms with Crippen molar-refractivity contribution in [3.8, 4) is 6.07 Å². The van der Waals surface area contributed by atoms with Crippen LogP contribution in [-0.4, -0.2) is 17.5 Å². The Morgan fingerprint density at radius 2 is 2.07 bits per heavy atom. The predicted octanol–water partition coefficient (Wildman–Crippen LogP) is 3.42. The summed E-state index contributed by atoms with van der Waals surface area (Å²) in [5.74, 6) is 3.57. The lowest BCUT2D eigenvalue weighted by atomic mass is 9.95. The summed E-state index contributed by atoms with van der Waals surface area (Å²) in [5, 5.41) is 8.49. The van der Waals surface area contributed by atoms with E-state index in [9.17, 15) is 0 Å². The molecule has 0 spiro atoms. The van der Waals surface area contributed by atoms with E-state index in [2.05, 4.69) is 17.8 Å². The van der Waals surface area contributed by atoms with Gasteiger partial charge in [-0.25, -0.2) is 0 Å². The first kappa shape index (κ1) is 14.8. The van der Waals surface area contributed by atoms with Crippen molar-refractivity contribution in [2.24, 2.45) is 11.7 Å². The van der Waals surface area contributed by atoms with Gasteiger partial charge in [-0.15, -0.1) is 0 Å². The Bertz CT molecular complexity index is 176. The van der Waals surface area contributed by atoms with Crippen LogP contribution in [-0.2, 0) is 0 Å². The smallest absolute Gasteiger partial charge is 0.0928 e. The highest BCUT2D eigenvalue weighted by atomic mass is 32.2. The van der Waals surface area contributed by atoms with E-state index in [-0.39, 0.29) is 7.47 Å². The standard InChI is InChI=1S/C10H18N2S.C2H6.H2/c11-8-10(12)3-1-2-9-4-6-13-7-5-9;1-2;/h9-10H,1-7,12H2;1-2H3;1H. The first-order valence-electron chi connectivity index (χ1n) is 6.06. The number of rotatable bonds is 4. The second-order valence-corrected chi connectivity index (χ2v) is 4.95. The fourth-order valence-corrected chi connectivity index (χ4v) is 2.93. The highest BCUT2D eigenvalue weighted by Crippen LogP contribution is 2.26. The molecule has 0 aliphatic carbocycles. The molecule has 1 aliphatic heterocycles. The van der Waals surface area contributed by atoms with Crippen molar-refractivity contribution in [3.05, 3.63) is 0 Å². The monoisotopic (exact) mass is 230 g/mol. The van der Waals surface area contributed by atoms with E-state index in [1.54, 1.807) is 0 Å². The number of thioether (sulfide) groups is 1. The molecule has 90 valence electrons. The van der Waals surface area contributed by atoms with E-state index >= 15 is 0 Å². The lowest BCUT2D eigenvalue weighted by Crippen LogP contribution is -2.17. The summed E-state index contributed by atoms with van der Waals surface area (Å²) >= 11 is 2.07. The summed E-state index contributed by atoms with van der Waals surface area (Å²) < 4.78 is 0. The Hall–Kier alpha value is -0.200. The first-order chi connectivity index (χ1) is 7.33. The molecule has 0 saturated carbocycles. The molecule has 1 rings (SSSR count). The number of nitrogens with zero attached hydrogens (tertiary/aromatic N) is 1. The normalized spacial score (nSPS) is 18.5. The Labute approximate surface area is 100 Å². The van der Waals surface area contributed by atoms with E-state index in [4.69, 9.17) is 11.0 Å². The number of hydrogen-bond donors (Lipinski definition) is 1. The fourth-order valence-electron chi connectivity index (χ4n) is 1.73. The van der Waals surface area contributed by atoms with Gasteiger partial charge in [0.05, 0.1) is 12.1 Å². The summed E-state index contributed by atoms with van der Waals surface area (Å²) in [6.45, 7) is 4.00. The van der Waals surface area contributed by atoms with Crippen LogP contribution in [0.3, 0.4) is 0 Å². The average Bonchev–Trinajstić information content (AvgIpc) is 2.33. The maximum absolute atomic E-state index is 8.49. The van der Waals surface area contributed by atoms with E-state index in [1.165, 1.54) is 30.8 Å². The van der Waals surface area contributed by atoms with E-state index in [0.717, 1.165) is 18.8 Å². The van der Waals surface area contributed by atoms with Gasteiger partial charge >= 0.3 is 0 Å². The van der Waals surface area contributed by atoms with Crippen LogP contribution >= 0.6 is 11.8 Å². The van der Waals surface area contributed by atoms with Gasteiger partial charge in [0.25, 0.3) is 0 Å². The van der Waals surface area contributed by atoms with Crippen LogP contribution in [0.1, 0.15) is 47.4 Å². The minimum atomic E-state index is -0.238. The third-order valence-corrected chi connectivity index (χ3v) is 3.68.